The highest BCUT2D eigenvalue weighted by atomic mass is 35.5. The molecular weight excluding hydrogens is 272 g/mol. The summed E-state index contributed by atoms with van der Waals surface area (Å²) in [5, 5.41) is 14.4. The van der Waals surface area contributed by atoms with Gasteiger partial charge in [0, 0.05) is 30.3 Å². The Labute approximate surface area is 126 Å². The molecule has 1 unspecified atom stereocenters. The van der Waals surface area contributed by atoms with Crippen LogP contribution in [0.1, 0.15) is 38.7 Å². The molecule has 0 spiro atoms. The average Bonchev–Trinajstić information content (AvgIpc) is 2.39. The monoisotopic (exact) mass is 296 g/mol. The molecule has 1 aromatic carbocycles. The van der Waals surface area contributed by atoms with Crippen LogP contribution in [0.15, 0.2) is 18.2 Å². The SMILES string of the molecule is CCCNCc1ccc(N2CCCC(C)(O)C2)cc1Cl. The van der Waals surface area contributed by atoms with Crippen LogP contribution in [0.4, 0.5) is 5.69 Å². The molecule has 1 atom stereocenters. The largest absolute Gasteiger partial charge is 0.388 e. The van der Waals surface area contributed by atoms with Crippen molar-refractivity contribution in [2.24, 2.45) is 0 Å². The van der Waals surface area contributed by atoms with Crippen molar-refractivity contribution in [2.75, 3.05) is 24.5 Å². The zero-order valence-electron chi connectivity index (χ0n) is 12.5. The zero-order chi connectivity index (χ0) is 14.6. The molecule has 0 bridgehead atoms. The summed E-state index contributed by atoms with van der Waals surface area (Å²) in [6, 6.07) is 6.21. The molecule has 112 valence electrons. The van der Waals surface area contributed by atoms with E-state index >= 15 is 0 Å². The Morgan fingerprint density at radius 1 is 1.45 bits per heavy atom. The molecule has 1 heterocycles. The molecule has 2 N–H and O–H groups in total. The maximum atomic E-state index is 10.2. The Bertz CT molecular complexity index is 448. The Hall–Kier alpha value is -0.770. The Kier molecular flexibility index (Phi) is 5.30. The lowest BCUT2D eigenvalue weighted by atomic mass is 9.94. The van der Waals surface area contributed by atoms with Gasteiger partial charge < -0.3 is 15.3 Å². The molecule has 1 aliphatic rings. The van der Waals surface area contributed by atoms with Crippen LogP contribution in [0.5, 0.6) is 0 Å². The van der Waals surface area contributed by atoms with Gasteiger partial charge in [-0.3, -0.25) is 0 Å². The van der Waals surface area contributed by atoms with Gasteiger partial charge in [0.05, 0.1) is 5.60 Å². The second kappa shape index (κ2) is 6.79. The van der Waals surface area contributed by atoms with Crippen molar-refractivity contribution in [1.82, 2.24) is 5.32 Å². The summed E-state index contributed by atoms with van der Waals surface area (Å²) >= 11 is 6.37. The fourth-order valence-electron chi connectivity index (χ4n) is 2.72. The molecule has 0 aliphatic carbocycles. The van der Waals surface area contributed by atoms with Crippen molar-refractivity contribution in [2.45, 2.75) is 45.3 Å². The second-order valence-electron chi connectivity index (χ2n) is 5.97. The molecule has 4 heteroatoms. The van der Waals surface area contributed by atoms with Crippen LogP contribution in [0.2, 0.25) is 5.02 Å². The number of hydrogen-bond acceptors (Lipinski definition) is 3. The summed E-state index contributed by atoms with van der Waals surface area (Å²) in [4.78, 5) is 2.22. The number of rotatable bonds is 5. The van der Waals surface area contributed by atoms with Gasteiger partial charge in [0.2, 0.25) is 0 Å². The molecular formula is C16H25ClN2O. The van der Waals surface area contributed by atoms with Gasteiger partial charge in [-0.2, -0.15) is 0 Å². The highest BCUT2D eigenvalue weighted by Gasteiger charge is 2.28. The number of halogens is 1. The maximum absolute atomic E-state index is 10.2. The van der Waals surface area contributed by atoms with Crippen LogP contribution in [0.25, 0.3) is 0 Å². The van der Waals surface area contributed by atoms with Gasteiger partial charge in [0.1, 0.15) is 0 Å². The predicted octanol–water partition coefficient (Wildman–Crippen LogP) is 3.19. The third-order valence-electron chi connectivity index (χ3n) is 3.82. The van der Waals surface area contributed by atoms with Crippen molar-refractivity contribution in [3.63, 3.8) is 0 Å². The quantitative estimate of drug-likeness (QED) is 0.819. The molecule has 3 nitrogen and oxygen atoms in total. The lowest BCUT2D eigenvalue weighted by molar-refractivity contribution is 0.0449. The molecule has 1 fully saturated rings. The van der Waals surface area contributed by atoms with E-state index in [2.05, 4.69) is 29.3 Å². The first-order valence-electron chi connectivity index (χ1n) is 7.48. The zero-order valence-corrected chi connectivity index (χ0v) is 13.2. The molecule has 1 aliphatic heterocycles. The van der Waals surface area contributed by atoms with Crippen LogP contribution in [-0.2, 0) is 6.54 Å². The standard InChI is InChI=1S/C16H25ClN2O/c1-3-8-18-11-13-5-6-14(10-15(13)17)19-9-4-7-16(2,20)12-19/h5-6,10,18,20H,3-4,7-9,11-12H2,1-2H3. The molecule has 0 aromatic heterocycles. The van der Waals surface area contributed by atoms with E-state index in [1.54, 1.807) is 0 Å². The molecule has 0 saturated carbocycles. The van der Waals surface area contributed by atoms with Crippen molar-refractivity contribution in [3.05, 3.63) is 28.8 Å². The molecule has 0 radical (unpaired) electrons. The second-order valence-corrected chi connectivity index (χ2v) is 6.38. The summed E-state index contributed by atoms with van der Waals surface area (Å²) < 4.78 is 0. The van der Waals surface area contributed by atoms with Crippen molar-refractivity contribution in [1.29, 1.82) is 0 Å². The number of nitrogens with zero attached hydrogens (tertiary/aromatic N) is 1. The summed E-state index contributed by atoms with van der Waals surface area (Å²) in [7, 11) is 0. The number of piperidine rings is 1. The third kappa shape index (κ3) is 4.11. The van der Waals surface area contributed by atoms with Crippen LogP contribution >= 0.6 is 11.6 Å². The van der Waals surface area contributed by atoms with Gasteiger partial charge in [-0.05, 0) is 50.4 Å². The fraction of sp³-hybridized carbons (Fsp3) is 0.625. The van der Waals surface area contributed by atoms with E-state index in [1.165, 1.54) is 0 Å². The van der Waals surface area contributed by atoms with Crippen molar-refractivity contribution < 1.29 is 5.11 Å². The van der Waals surface area contributed by atoms with Crippen molar-refractivity contribution in [3.8, 4) is 0 Å². The maximum Gasteiger partial charge on any atom is 0.0794 e. The molecule has 20 heavy (non-hydrogen) atoms. The summed E-state index contributed by atoms with van der Waals surface area (Å²) in [5.41, 5.74) is 1.65. The minimum atomic E-state index is -0.591. The molecule has 1 aromatic rings. The van der Waals surface area contributed by atoms with E-state index in [-0.39, 0.29) is 0 Å². The first-order valence-corrected chi connectivity index (χ1v) is 7.86. The first-order chi connectivity index (χ1) is 9.52. The van der Waals surface area contributed by atoms with E-state index in [0.29, 0.717) is 6.54 Å². The number of anilines is 1. The number of benzene rings is 1. The minimum absolute atomic E-state index is 0.591. The first kappa shape index (κ1) is 15.6. The van der Waals surface area contributed by atoms with Gasteiger partial charge in [-0.25, -0.2) is 0 Å². The van der Waals surface area contributed by atoms with E-state index in [1.807, 2.05) is 13.0 Å². The number of hydrogen-bond donors (Lipinski definition) is 2. The third-order valence-corrected chi connectivity index (χ3v) is 4.17. The Balaban J connectivity index is 2.04. The van der Waals surface area contributed by atoms with Gasteiger partial charge in [-0.15, -0.1) is 0 Å². The van der Waals surface area contributed by atoms with Gasteiger partial charge in [-0.1, -0.05) is 24.6 Å². The van der Waals surface area contributed by atoms with Crippen LogP contribution < -0.4 is 10.2 Å². The van der Waals surface area contributed by atoms with Gasteiger partial charge in [0.25, 0.3) is 0 Å². The molecule has 2 rings (SSSR count). The average molecular weight is 297 g/mol. The lowest BCUT2D eigenvalue weighted by Gasteiger charge is -2.38. The topological polar surface area (TPSA) is 35.5 Å². The highest BCUT2D eigenvalue weighted by Crippen LogP contribution is 2.29. The van der Waals surface area contributed by atoms with E-state index < -0.39 is 5.60 Å². The normalized spacial score (nSPS) is 23.1. The smallest absolute Gasteiger partial charge is 0.0794 e. The Morgan fingerprint density at radius 3 is 2.90 bits per heavy atom. The minimum Gasteiger partial charge on any atom is -0.388 e. The molecule has 1 saturated heterocycles. The summed E-state index contributed by atoms with van der Waals surface area (Å²) in [6.07, 6.45) is 3.01. The lowest BCUT2D eigenvalue weighted by Crippen LogP contribution is -2.46. The highest BCUT2D eigenvalue weighted by molar-refractivity contribution is 6.31. The summed E-state index contributed by atoms with van der Waals surface area (Å²) in [6.45, 7) is 7.54. The number of aliphatic hydroxyl groups is 1. The molecule has 0 amide bonds. The van der Waals surface area contributed by atoms with Crippen LogP contribution in [0.3, 0.4) is 0 Å². The predicted molar refractivity (Wildman–Crippen MR) is 85.5 cm³/mol. The number of nitrogens with one attached hydrogen (secondary N) is 1. The van der Waals surface area contributed by atoms with E-state index in [4.69, 9.17) is 11.6 Å². The Morgan fingerprint density at radius 2 is 2.25 bits per heavy atom. The van der Waals surface area contributed by atoms with Gasteiger partial charge in [0.15, 0.2) is 0 Å². The number of β-amino-alcohol motifs (C(OH)–C–C–N with tert-alkyl or cyclic N) is 1. The van der Waals surface area contributed by atoms with E-state index in [9.17, 15) is 5.11 Å². The van der Waals surface area contributed by atoms with Crippen LogP contribution in [-0.4, -0.2) is 30.3 Å². The fourth-order valence-corrected chi connectivity index (χ4v) is 2.96. The van der Waals surface area contributed by atoms with E-state index in [0.717, 1.165) is 55.2 Å². The van der Waals surface area contributed by atoms with Crippen LogP contribution in [0, 0.1) is 0 Å². The van der Waals surface area contributed by atoms with Gasteiger partial charge >= 0.3 is 0 Å². The van der Waals surface area contributed by atoms with Crippen molar-refractivity contribution >= 4 is 17.3 Å². The summed E-state index contributed by atoms with van der Waals surface area (Å²) in [5.74, 6) is 0.